The van der Waals surface area contributed by atoms with Crippen LogP contribution in [0.4, 0.5) is 0 Å². The van der Waals surface area contributed by atoms with Gasteiger partial charge in [0.25, 0.3) is 0 Å². The smallest absolute Gasteiger partial charge is 0.238 e. The Bertz CT molecular complexity index is 1600. The first-order valence-electron chi connectivity index (χ1n) is 13.1. The van der Waals surface area contributed by atoms with E-state index in [0.29, 0.717) is 30.5 Å². The summed E-state index contributed by atoms with van der Waals surface area (Å²) in [5, 5.41) is 13.6. The van der Waals surface area contributed by atoms with Crippen LogP contribution in [-0.2, 0) is 26.2 Å². The topological polar surface area (TPSA) is 118 Å². The number of hydrogen-bond donors (Lipinski definition) is 3. The predicted octanol–water partition coefficient (Wildman–Crippen LogP) is 5.70. The molecular formula is C30H31N3O4S3. The molecule has 2 aromatic heterocycles. The molecule has 1 aliphatic carbocycles. The zero-order valence-corrected chi connectivity index (χ0v) is 24.5. The quantitative estimate of drug-likeness (QED) is 0.231. The van der Waals surface area contributed by atoms with Gasteiger partial charge in [-0.3, -0.25) is 9.59 Å². The van der Waals surface area contributed by atoms with E-state index in [2.05, 4.69) is 28.1 Å². The number of carbonyl (C=O) groups excluding carboxylic acids is 2. The van der Waals surface area contributed by atoms with Gasteiger partial charge in [-0.2, -0.15) is 0 Å². The Labute approximate surface area is 242 Å². The number of sulfonamides is 1. The van der Waals surface area contributed by atoms with Crippen molar-refractivity contribution >= 4 is 44.5 Å². The van der Waals surface area contributed by atoms with Gasteiger partial charge in [-0.15, -0.1) is 22.7 Å². The summed E-state index contributed by atoms with van der Waals surface area (Å²) < 4.78 is 24.0. The van der Waals surface area contributed by atoms with Crippen LogP contribution >= 0.6 is 22.7 Å². The number of hydrogen-bond acceptors (Lipinski definition) is 6. The summed E-state index contributed by atoms with van der Waals surface area (Å²) in [7, 11) is -3.86. The molecular weight excluding hydrogens is 563 g/mol. The number of rotatable bonds is 9. The fraction of sp³-hybridized carbons (Fsp3) is 0.267. The average Bonchev–Trinajstić information content (AvgIpc) is 3.73. The summed E-state index contributed by atoms with van der Waals surface area (Å²) in [5.74, 6) is -0.909. The van der Waals surface area contributed by atoms with Crippen molar-refractivity contribution in [1.82, 2.24) is 10.6 Å². The molecule has 0 bridgehead atoms. The van der Waals surface area contributed by atoms with Crippen molar-refractivity contribution in [2.24, 2.45) is 17.0 Å². The number of nitrogens with two attached hydrogens (primary N) is 1. The van der Waals surface area contributed by atoms with Gasteiger partial charge >= 0.3 is 0 Å². The minimum absolute atomic E-state index is 0.0664. The molecule has 4 N–H and O–H groups in total. The van der Waals surface area contributed by atoms with Crippen LogP contribution < -0.4 is 15.8 Å². The van der Waals surface area contributed by atoms with E-state index in [1.54, 1.807) is 40.9 Å². The Morgan fingerprint density at radius 1 is 0.925 bits per heavy atom. The number of thiophene rings is 2. The Balaban J connectivity index is 1.19. The van der Waals surface area contributed by atoms with Crippen molar-refractivity contribution in [3.63, 3.8) is 0 Å². The van der Waals surface area contributed by atoms with Crippen LogP contribution in [0.25, 0.3) is 20.9 Å². The maximum absolute atomic E-state index is 13.2. The number of benzene rings is 2. The maximum atomic E-state index is 13.2. The molecule has 40 heavy (non-hydrogen) atoms. The van der Waals surface area contributed by atoms with Crippen LogP contribution in [0.15, 0.2) is 83.1 Å². The van der Waals surface area contributed by atoms with Gasteiger partial charge < -0.3 is 10.6 Å². The highest BCUT2D eigenvalue weighted by atomic mass is 32.2. The van der Waals surface area contributed by atoms with E-state index >= 15 is 0 Å². The molecule has 4 aromatic rings. The first-order chi connectivity index (χ1) is 19.2. The minimum atomic E-state index is -3.86. The fourth-order valence-electron chi connectivity index (χ4n) is 5.23. The lowest BCUT2D eigenvalue weighted by Crippen LogP contribution is -2.40. The third kappa shape index (κ3) is 6.36. The maximum Gasteiger partial charge on any atom is 0.238 e. The fourth-order valence-corrected chi connectivity index (χ4v) is 7.77. The van der Waals surface area contributed by atoms with Crippen molar-refractivity contribution < 1.29 is 18.0 Å². The molecule has 0 saturated heterocycles. The van der Waals surface area contributed by atoms with Crippen molar-refractivity contribution in [2.45, 2.75) is 43.7 Å². The van der Waals surface area contributed by atoms with Crippen LogP contribution in [0.1, 0.15) is 42.7 Å². The Kier molecular flexibility index (Phi) is 8.51. The lowest BCUT2D eigenvalue weighted by Gasteiger charge is -2.22. The molecule has 5 rings (SSSR count). The van der Waals surface area contributed by atoms with Crippen LogP contribution in [0.3, 0.4) is 0 Å². The standard InChI is InChI=1S/C30H31N3O4S3/c1-19(20-11-13-21(14-12-20)23-6-2-3-10-28(23)40(31,36)37)33-30(35)25-8-4-7-24(25)29(34)32-18-22-15-16-27(39-22)26-9-5-17-38-26/h2-3,5-6,9-17,19,24-25H,4,7-8,18H2,1H3,(H,32,34)(H,33,35)(H2,31,36,37)/t19?,24-,25?/m1/s1. The molecule has 0 spiro atoms. The van der Waals surface area contributed by atoms with Crippen LogP contribution in [0.2, 0.25) is 0 Å². The van der Waals surface area contributed by atoms with Crippen molar-refractivity contribution in [1.29, 1.82) is 0 Å². The minimum Gasteiger partial charge on any atom is -0.351 e. The third-order valence-corrected chi connectivity index (χ3v) is 10.4. The molecule has 2 unspecified atom stereocenters. The molecule has 0 radical (unpaired) electrons. The van der Waals surface area contributed by atoms with Gasteiger partial charge in [0.05, 0.1) is 17.5 Å². The monoisotopic (exact) mass is 593 g/mol. The second-order valence-corrected chi connectivity index (χ2v) is 13.6. The van der Waals surface area contributed by atoms with E-state index in [-0.39, 0.29) is 34.6 Å². The molecule has 1 aliphatic rings. The van der Waals surface area contributed by atoms with Gasteiger partial charge in [0, 0.05) is 32.0 Å². The zero-order chi connectivity index (χ0) is 28.3. The summed E-state index contributed by atoms with van der Waals surface area (Å²) in [4.78, 5) is 29.8. The summed E-state index contributed by atoms with van der Waals surface area (Å²) >= 11 is 3.36. The summed E-state index contributed by atoms with van der Waals surface area (Å²) in [6, 6.07) is 21.9. The van der Waals surface area contributed by atoms with Crippen molar-refractivity contribution in [3.05, 3.63) is 88.6 Å². The highest BCUT2D eigenvalue weighted by molar-refractivity contribution is 7.89. The van der Waals surface area contributed by atoms with E-state index < -0.39 is 10.0 Å². The summed E-state index contributed by atoms with van der Waals surface area (Å²) in [6.07, 6.45) is 2.22. The van der Waals surface area contributed by atoms with Gasteiger partial charge in [0.2, 0.25) is 21.8 Å². The van der Waals surface area contributed by atoms with E-state index in [0.717, 1.165) is 16.9 Å². The lowest BCUT2D eigenvalue weighted by atomic mass is 9.93. The molecule has 2 amide bonds. The van der Waals surface area contributed by atoms with Crippen LogP contribution in [-0.4, -0.2) is 20.2 Å². The number of carbonyl (C=O) groups is 2. The molecule has 2 heterocycles. The predicted molar refractivity (Wildman–Crippen MR) is 160 cm³/mol. The molecule has 1 fully saturated rings. The number of nitrogens with one attached hydrogen (secondary N) is 2. The Morgan fingerprint density at radius 2 is 1.65 bits per heavy atom. The largest absolute Gasteiger partial charge is 0.351 e. The summed E-state index contributed by atoms with van der Waals surface area (Å²) in [6.45, 7) is 2.36. The average molecular weight is 594 g/mol. The van der Waals surface area contributed by atoms with Gasteiger partial charge in [0.15, 0.2) is 0 Å². The van der Waals surface area contributed by atoms with Crippen molar-refractivity contribution in [3.8, 4) is 20.9 Å². The highest BCUT2D eigenvalue weighted by Crippen LogP contribution is 2.34. The SMILES string of the molecule is CC(NC(=O)C1CCC[C@H]1C(=O)NCc1ccc(-c2cccs2)s1)c1ccc(-c2ccccc2S(N)(=O)=O)cc1. The molecule has 2 aromatic carbocycles. The molecule has 0 aliphatic heterocycles. The summed E-state index contributed by atoms with van der Waals surface area (Å²) in [5.41, 5.74) is 2.12. The second kappa shape index (κ2) is 12.1. The van der Waals surface area contributed by atoms with E-state index in [1.165, 1.54) is 15.8 Å². The third-order valence-electron chi connectivity index (χ3n) is 7.33. The Morgan fingerprint density at radius 3 is 2.35 bits per heavy atom. The zero-order valence-electron chi connectivity index (χ0n) is 22.0. The Hall–Kier alpha value is -3.31. The molecule has 1 saturated carbocycles. The normalized spacial score (nSPS) is 17.9. The number of amides is 2. The molecule has 208 valence electrons. The van der Waals surface area contributed by atoms with Gasteiger partial charge in [-0.25, -0.2) is 13.6 Å². The van der Waals surface area contributed by atoms with Crippen LogP contribution in [0, 0.1) is 11.8 Å². The number of primary sulfonamides is 1. The molecule has 7 nitrogen and oxygen atoms in total. The second-order valence-electron chi connectivity index (χ2n) is 10.00. The van der Waals surface area contributed by atoms with Gasteiger partial charge in [0.1, 0.15) is 0 Å². The van der Waals surface area contributed by atoms with E-state index in [4.69, 9.17) is 5.14 Å². The van der Waals surface area contributed by atoms with Crippen LogP contribution in [0.5, 0.6) is 0 Å². The molecule has 10 heteroatoms. The lowest BCUT2D eigenvalue weighted by molar-refractivity contribution is -0.134. The first-order valence-corrected chi connectivity index (χ1v) is 16.4. The van der Waals surface area contributed by atoms with Gasteiger partial charge in [-0.1, -0.05) is 55.0 Å². The van der Waals surface area contributed by atoms with E-state index in [9.17, 15) is 18.0 Å². The molecule has 3 atom stereocenters. The van der Waals surface area contributed by atoms with E-state index in [1.807, 2.05) is 43.3 Å². The van der Waals surface area contributed by atoms with Gasteiger partial charge in [-0.05, 0) is 60.5 Å². The first kappa shape index (κ1) is 28.2. The highest BCUT2D eigenvalue weighted by Gasteiger charge is 2.38. The van der Waals surface area contributed by atoms with Crippen molar-refractivity contribution in [2.75, 3.05) is 0 Å².